The van der Waals surface area contributed by atoms with Crippen LogP contribution in [0.15, 0.2) is 0 Å². The predicted molar refractivity (Wildman–Crippen MR) is 89.2 cm³/mol. The van der Waals surface area contributed by atoms with E-state index in [1.54, 1.807) is 0 Å². The van der Waals surface area contributed by atoms with Crippen molar-refractivity contribution in [3.8, 4) is 0 Å². The second-order valence-electron chi connectivity index (χ2n) is 6.25. The van der Waals surface area contributed by atoms with E-state index in [2.05, 4.69) is 69.2 Å². The molecule has 2 rings (SSSR count). The van der Waals surface area contributed by atoms with Gasteiger partial charge in [0.1, 0.15) is 0 Å². The van der Waals surface area contributed by atoms with Gasteiger partial charge in [-0.2, -0.15) is 0 Å². The summed E-state index contributed by atoms with van der Waals surface area (Å²) < 4.78 is 0. The van der Waals surface area contributed by atoms with Crippen LogP contribution in [0.25, 0.3) is 0 Å². The summed E-state index contributed by atoms with van der Waals surface area (Å²) in [6.07, 6.45) is 0. The summed E-state index contributed by atoms with van der Waals surface area (Å²) >= 11 is 0. The molecule has 0 aromatic carbocycles. The zero-order valence-corrected chi connectivity index (χ0v) is 20.7. The predicted octanol–water partition coefficient (Wildman–Crippen LogP) is 2.95. The summed E-state index contributed by atoms with van der Waals surface area (Å²) in [5.41, 5.74) is 0. The first-order valence-corrected chi connectivity index (χ1v) is 7.50. The zero-order chi connectivity index (χ0) is 15.8. The fourth-order valence-electron chi connectivity index (χ4n) is 2.81. The fourth-order valence-corrected chi connectivity index (χ4v) is 2.81. The van der Waals surface area contributed by atoms with Gasteiger partial charge in [-0.25, -0.2) is 0 Å². The Labute approximate surface area is 194 Å². The van der Waals surface area contributed by atoms with Crippen molar-refractivity contribution in [3.63, 3.8) is 0 Å². The standard InChI is InChI=1S/2C10H15.K.Mn/c2*1-6-7(2)9(4)10(5)8(6)3;;/h2*1-5H3;;/q;;+1;. The molecule has 0 atom stereocenters. The molecule has 0 bridgehead atoms. The Morgan fingerprint density at radius 1 is 0.273 bits per heavy atom. The minimum Gasteiger partial charge on any atom is -0.0579 e. The Morgan fingerprint density at radius 2 is 0.318 bits per heavy atom. The van der Waals surface area contributed by atoms with Crippen LogP contribution in [0, 0.1) is 59.2 Å². The SMILES string of the molecule is C[C]1[C](C)[C](C)[C](C)[C]1C.C[C]1[C](C)[C](C)[C](C)[C]1C.[K+].[Mn]. The molecule has 22 heavy (non-hydrogen) atoms. The van der Waals surface area contributed by atoms with Crippen molar-refractivity contribution in [2.24, 2.45) is 0 Å². The first kappa shape index (κ1) is 26.4. The maximum absolute atomic E-state index is 2.20. The van der Waals surface area contributed by atoms with Gasteiger partial charge in [0.05, 0.1) is 0 Å². The van der Waals surface area contributed by atoms with Crippen LogP contribution in [0.5, 0.6) is 0 Å². The van der Waals surface area contributed by atoms with Crippen molar-refractivity contribution in [3.05, 3.63) is 59.2 Å². The Morgan fingerprint density at radius 3 is 0.364 bits per heavy atom. The summed E-state index contributed by atoms with van der Waals surface area (Å²) in [5.74, 6) is 14.7. The molecule has 0 spiro atoms. The van der Waals surface area contributed by atoms with E-state index < -0.39 is 0 Å². The molecule has 0 aliphatic heterocycles. The van der Waals surface area contributed by atoms with E-state index in [1.165, 1.54) is 59.2 Å². The van der Waals surface area contributed by atoms with Gasteiger partial charge in [-0.3, -0.25) is 0 Å². The molecule has 0 saturated heterocycles. The Hall–Kier alpha value is 2.16. The van der Waals surface area contributed by atoms with Gasteiger partial charge >= 0.3 is 51.4 Å². The summed E-state index contributed by atoms with van der Waals surface area (Å²) in [4.78, 5) is 0. The normalized spacial score (nSPS) is 25.9. The topological polar surface area (TPSA) is 0 Å². The molecule has 2 saturated carbocycles. The minimum absolute atomic E-state index is 0. The average Bonchev–Trinajstić information content (AvgIpc) is 2.71. The first-order chi connectivity index (χ1) is 9.11. The number of hydrogen-bond acceptors (Lipinski definition) is 0. The molecule has 0 unspecified atom stereocenters. The molecule has 11 radical (unpaired) electrons. The van der Waals surface area contributed by atoms with E-state index in [0.717, 1.165) is 0 Å². The van der Waals surface area contributed by atoms with Crippen molar-refractivity contribution >= 4 is 0 Å². The minimum atomic E-state index is 0. The molecule has 117 valence electrons. The second kappa shape index (κ2) is 11.0. The van der Waals surface area contributed by atoms with Gasteiger partial charge in [0, 0.05) is 17.1 Å². The summed E-state index contributed by atoms with van der Waals surface area (Å²) in [5, 5.41) is 0. The Bertz CT molecular complexity index is 186. The third-order valence-electron chi connectivity index (χ3n) is 5.62. The van der Waals surface area contributed by atoms with Gasteiger partial charge in [-0.05, 0) is 59.2 Å². The molecule has 2 fully saturated rings. The van der Waals surface area contributed by atoms with Gasteiger partial charge in [0.15, 0.2) is 0 Å². The molecule has 0 aromatic rings. The van der Waals surface area contributed by atoms with E-state index in [9.17, 15) is 0 Å². The third-order valence-corrected chi connectivity index (χ3v) is 5.62. The largest absolute Gasteiger partial charge is 1.00 e. The van der Waals surface area contributed by atoms with Crippen LogP contribution < -0.4 is 51.4 Å². The number of rotatable bonds is 0. The van der Waals surface area contributed by atoms with Crippen molar-refractivity contribution in [2.45, 2.75) is 69.2 Å². The van der Waals surface area contributed by atoms with E-state index in [1.807, 2.05) is 0 Å². The molecule has 0 aromatic heterocycles. The smallest absolute Gasteiger partial charge is 0.0579 e. The summed E-state index contributed by atoms with van der Waals surface area (Å²) in [6, 6.07) is 0. The first-order valence-electron chi connectivity index (χ1n) is 7.50. The molecule has 0 amide bonds. The van der Waals surface area contributed by atoms with E-state index in [4.69, 9.17) is 0 Å². The monoisotopic (exact) mass is 364 g/mol. The molecular formula is C20H30KMn+. The van der Waals surface area contributed by atoms with Crippen LogP contribution in [0.3, 0.4) is 0 Å². The molecule has 0 nitrogen and oxygen atoms in total. The van der Waals surface area contributed by atoms with Gasteiger partial charge in [-0.1, -0.05) is 69.2 Å². The molecular weight excluding hydrogens is 334 g/mol. The van der Waals surface area contributed by atoms with Gasteiger partial charge in [-0.15, -0.1) is 0 Å². The van der Waals surface area contributed by atoms with Crippen LogP contribution in [-0.2, 0) is 17.1 Å². The van der Waals surface area contributed by atoms with Crippen LogP contribution in [0.4, 0.5) is 0 Å². The van der Waals surface area contributed by atoms with Gasteiger partial charge in [0.25, 0.3) is 0 Å². The average molecular weight is 364 g/mol. The van der Waals surface area contributed by atoms with Crippen LogP contribution in [-0.4, -0.2) is 0 Å². The molecule has 2 aliphatic rings. The Balaban J connectivity index is 0. The molecule has 0 heterocycles. The van der Waals surface area contributed by atoms with Crippen molar-refractivity contribution < 1.29 is 68.5 Å². The van der Waals surface area contributed by atoms with E-state index in [0.29, 0.717) is 0 Å². The van der Waals surface area contributed by atoms with Crippen molar-refractivity contribution in [1.82, 2.24) is 0 Å². The fraction of sp³-hybridized carbons (Fsp3) is 0.500. The zero-order valence-electron chi connectivity index (χ0n) is 16.4. The molecule has 2 heteroatoms. The maximum atomic E-state index is 2.20. The van der Waals surface area contributed by atoms with Crippen molar-refractivity contribution in [1.29, 1.82) is 0 Å². The third kappa shape index (κ3) is 5.58. The van der Waals surface area contributed by atoms with Crippen LogP contribution in [0.2, 0.25) is 0 Å². The quantitative estimate of drug-likeness (QED) is 0.580. The van der Waals surface area contributed by atoms with E-state index in [-0.39, 0.29) is 68.5 Å². The summed E-state index contributed by atoms with van der Waals surface area (Å²) in [7, 11) is 0. The van der Waals surface area contributed by atoms with Gasteiger partial charge in [0.2, 0.25) is 0 Å². The van der Waals surface area contributed by atoms with Gasteiger partial charge < -0.3 is 0 Å². The molecule has 0 N–H and O–H groups in total. The maximum Gasteiger partial charge on any atom is 1.00 e. The van der Waals surface area contributed by atoms with Crippen LogP contribution >= 0.6 is 0 Å². The Kier molecular flexibility index (Phi) is 13.2. The summed E-state index contributed by atoms with van der Waals surface area (Å²) in [6.45, 7) is 22.0. The van der Waals surface area contributed by atoms with E-state index >= 15 is 0 Å². The second-order valence-corrected chi connectivity index (χ2v) is 6.25. The number of hydrogen-bond donors (Lipinski definition) is 0. The van der Waals surface area contributed by atoms with Crippen molar-refractivity contribution in [2.75, 3.05) is 0 Å². The molecule has 2 aliphatic carbocycles. The van der Waals surface area contributed by atoms with Crippen LogP contribution in [0.1, 0.15) is 69.2 Å².